The minimum atomic E-state index is -0.355. The van der Waals surface area contributed by atoms with Crippen LogP contribution in [-0.4, -0.2) is 19.1 Å². The van der Waals surface area contributed by atoms with Crippen molar-refractivity contribution in [2.24, 2.45) is 7.05 Å². The summed E-state index contributed by atoms with van der Waals surface area (Å²) in [5, 5.41) is 0. The van der Waals surface area contributed by atoms with Gasteiger partial charge in [-0.05, 0) is 13.8 Å². The van der Waals surface area contributed by atoms with Gasteiger partial charge in [-0.3, -0.25) is 13.9 Å². The van der Waals surface area contributed by atoms with Gasteiger partial charge in [-0.1, -0.05) is 11.6 Å². The Labute approximate surface area is 97.2 Å². The molecule has 0 radical (unpaired) electrons. The van der Waals surface area contributed by atoms with Crippen LogP contribution in [-0.2, 0) is 13.6 Å². The van der Waals surface area contributed by atoms with Crippen LogP contribution in [0.3, 0.4) is 0 Å². The summed E-state index contributed by atoms with van der Waals surface area (Å²) < 4.78 is 2.56. The zero-order valence-electron chi connectivity index (χ0n) is 10.0. The maximum atomic E-state index is 12.0. The Kier molecular flexibility index (Phi) is 2.71. The summed E-state index contributed by atoms with van der Waals surface area (Å²) >= 11 is 0. The molecule has 2 aromatic rings. The van der Waals surface area contributed by atoms with Crippen LogP contribution in [0.5, 0.6) is 0 Å². The number of fused-ring (bicyclic) bond motifs is 1. The normalized spacial score (nSPS) is 10.8. The molecule has 2 heterocycles. The molecule has 2 aromatic heterocycles. The first-order valence-electron chi connectivity index (χ1n) is 5.28. The second kappa shape index (κ2) is 4.04. The van der Waals surface area contributed by atoms with E-state index in [9.17, 15) is 9.59 Å². The highest BCUT2D eigenvalue weighted by Crippen LogP contribution is 1.99. The molecule has 2 rings (SSSR count). The molecule has 0 unspecified atom stereocenters. The molecule has 0 aliphatic heterocycles. The smallest absolute Gasteiger partial charge is 0.332 e. The number of aromatic nitrogens is 4. The SMILES string of the molecule is CC(C)=CCn1c(=O)c2[nH]cnc2n(C)c1=O. The van der Waals surface area contributed by atoms with Gasteiger partial charge < -0.3 is 4.98 Å². The van der Waals surface area contributed by atoms with Crippen LogP contribution in [0.4, 0.5) is 0 Å². The van der Waals surface area contributed by atoms with Gasteiger partial charge in [0.15, 0.2) is 5.65 Å². The molecule has 6 nitrogen and oxygen atoms in total. The van der Waals surface area contributed by atoms with Crippen molar-refractivity contribution in [3.63, 3.8) is 0 Å². The zero-order valence-corrected chi connectivity index (χ0v) is 10.0. The van der Waals surface area contributed by atoms with Crippen molar-refractivity contribution in [2.45, 2.75) is 20.4 Å². The molecular weight excluding hydrogens is 220 g/mol. The monoisotopic (exact) mass is 234 g/mol. The Morgan fingerprint density at radius 3 is 2.82 bits per heavy atom. The lowest BCUT2D eigenvalue weighted by Gasteiger charge is -2.05. The molecule has 0 spiro atoms. The lowest BCUT2D eigenvalue weighted by molar-refractivity contribution is 0.665. The number of allylic oxidation sites excluding steroid dienone is 2. The summed E-state index contributed by atoms with van der Waals surface area (Å²) in [6.07, 6.45) is 3.25. The summed E-state index contributed by atoms with van der Waals surface area (Å²) in [5.41, 5.74) is 1.11. The topological polar surface area (TPSA) is 72.7 Å². The lowest BCUT2D eigenvalue weighted by atomic mass is 10.3. The highest BCUT2D eigenvalue weighted by molar-refractivity contribution is 5.68. The number of aryl methyl sites for hydroxylation is 1. The molecule has 0 fully saturated rings. The number of nitrogens with zero attached hydrogens (tertiary/aromatic N) is 3. The van der Waals surface area contributed by atoms with Gasteiger partial charge in [0.05, 0.1) is 6.33 Å². The quantitative estimate of drug-likeness (QED) is 0.764. The van der Waals surface area contributed by atoms with Crippen LogP contribution in [0.15, 0.2) is 27.6 Å². The van der Waals surface area contributed by atoms with Gasteiger partial charge in [0.1, 0.15) is 5.52 Å². The number of hydrogen-bond acceptors (Lipinski definition) is 3. The van der Waals surface area contributed by atoms with E-state index in [1.807, 2.05) is 19.9 Å². The number of rotatable bonds is 2. The van der Waals surface area contributed by atoms with E-state index in [1.165, 1.54) is 15.5 Å². The number of nitrogens with one attached hydrogen (secondary N) is 1. The summed E-state index contributed by atoms with van der Waals surface area (Å²) in [5.74, 6) is 0. The number of H-pyrrole nitrogens is 1. The van der Waals surface area contributed by atoms with E-state index in [-0.39, 0.29) is 17.8 Å². The molecule has 0 atom stereocenters. The van der Waals surface area contributed by atoms with Crippen molar-refractivity contribution in [1.29, 1.82) is 0 Å². The Hall–Kier alpha value is -2.11. The maximum absolute atomic E-state index is 12.0. The maximum Gasteiger partial charge on any atom is 0.332 e. The molecule has 0 aliphatic carbocycles. The van der Waals surface area contributed by atoms with Gasteiger partial charge in [0.2, 0.25) is 0 Å². The lowest BCUT2D eigenvalue weighted by Crippen LogP contribution is -2.38. The third kappa shape index (κ3) is 1.82. The van der Waals surface area contributed by atoms with Crippen LogP contribution in [0.25, 0.3) is 11.2 Å². The van der Waals surface area contributed by atoms with Crippen LogP contribution < -0.4 is 11.2 Å². The largest absolute Gasteiger partial charge is 0.339 e. The van der Waals surface area contributed by atoms with Crippen LogP contribution in [0.1, 0.15) is 13.8 Å². The molecular formula is C11H14N4O2. The molecule has 1 N–H and O–H groups in total. The summed E-state index contributed by atoms with van der Waals surface area (Å²) in [4.78, 5) is 30.7. The van der Waals surface area contributed by atoms with E-state index in [0.29, 0.717) is 11.2 Å². The van der Waals surface area contributed by atoms with Crippen molar-refractivity contribution in [1.82, 2.24) is 19.1 Å². The Morgan fingerprint density at radius 2 is 2.18 bits per heavy atom. The van der Waals surface area contributed by atoms with E-state index >= 15 is 0 Å². The number of aromatic amines is 1. The van der Waals surface area contributed by atoms with E-state index in [1.54, 1.807) is 7.05 Å². The van der Waals surface area contributed by atoms with Gasteiger partial charge >= 0.3 is 5.69 Å². The average molecular weight is 234 g/mol. The fourth-order valence-electron chi connectivity index (χ4n) is 1.63. The second-order valence-electron chi connectivity index (χ2n) is 4.14. The van der Waals surface area contributed by atoms with Crippen molar-refractivity contribution < 1.29 is 0 Å². The number of imidazole rings is 1. The molecule has 0 bridgehead atoms. The first kappa shape index (κ1) is 11.4. The number of hydrogen-bond donors (Lipinski definition) is 1. The highest BCUT2D eigenvalue weighted by atomic mass is 16.2. The molecule has 0 amide bonds. The summed E-state index contributed by atoms with van der Waals surface area (Å²) in [7, 11) is 1.60. The molecule has 0 aliphatic rings. The highest BCUT2D eigenvalue weighted by Gasteiger charge is 2.11. The standard InChI is InChI=1S/C11H14N4O2/c1-7(2)4-5-15-10(16)8-9(13-6-12-8)14(3)11(15)17/h4,6H,5H2,1-3H3,(H,12,13). The van der Waals surface area contributed by atoms with Gasteiger partial charge in [-0.2, -0.15) is 0 Å². The average Bonchev–Trinajstić information content (AvgIpc) is 2.75. The molecule has 0 saturated carbocycles. The Bertz CT molecular complexity index is 698. The molecule has 90 valence electrons. The first-order valence-corrected chi connectivity index (χ1v) is 5.28. The van der Waals surface area contributed by atoms with E-state index in [2.05, 4.69) is 9.97 Å². The van der Waals surface area contributed by atoms with Crippen LogP contribution in [0, 0.1) is 0 Å². The van der Waals surface area contributed by atoms with Crippen molar-refractivity contribution in [2.75, 3.05) is 0 Å². The molecule has 6 heteroatoms. The first-order chi connectivity index (χ1) is 8.02. The van der Waals surface area contributed by atoms with Crippen LogP contribution >= 0.6 is 0 Å². The summed E-state index contributed by atoms with van der Waals surface area (Å²) in [6, 6.07) is 0. The predicted molar refractivity (Wildman–Crippen MR) is 65.0 cm³/mol. The van der Waals surface area contributed by atoms with E-state index in [4.69, 9.17) is 0 Å². The minimum absolute atomic E-state index is 0.281. The van der Waals surface area contributed by atoms with Crippen molar-refractivity contribution in [3.8, 4) is 0 Å². The molecule has 0 aromatic carbocycles. The zero-order chi connectivity index (χ0) is 12.6. The van der Waals surface area contributed by atoms with Gasteiger partial charge in [-0.25, -0.2) is 9.78 Å². The van der Waals surface area contributed by atoms with Crippen molar-refractivity contribution in [3.05, 3.63) is 38.8 Å². The summed E-state index contributed by atoms with van der Waals surface area (Å²) in [6.45, 7) is 4.12. The Balaban J connectivity index is 2.75. The van der Waals surface area contributed by atoms with Gasteiger partial charge in [0.25, 0.3) is 5.56 Å². The fraction of sp³-hybridized carbons (Fsp3) is 0.364. The van der Waals surface area contributed by atoms with Crippen LogP contribution in [0.2, 0.25) is 0 Å². The third-order valence-corrected chi connectivity index (χ3v) is 2.60. The second-order valence-corrected chi connectivity index (χ2v) is 4.14. The Morgan fingerprint density at radius 1 is 1.47 bits per heavy atom. The third-order valence-electron chi connectivity index (χ3n) is 2.60. The minimum Gasteiger partial charge on any atom is -0.339 e. The molecule has 0 saturated heterocycles. The fourth-order valence-corrected chi connectivity index (χ4v) is 1.63. The van der Waals surface area contributed by atoms with E-state index < -0.39 is 0 Å². The van der Waals surface area contributed by atoms with Gasteiger partial charge in [-0.15, -0.1) is 0 Å². The van der Waals surface area contributed by atoms with Gasteiger partial charge in [0, 0.05) is 13.6 Å². The molecule has 17 heavy (non-hydrogen) atoms. The van der Waals surface area contributed by atoms with Crippen molar-refractivity contribution >= 4 is 11.2 Å². The predicted octanol–water partition coefficient (Wildman–Crippen LogP) is 0.390. The van der Waals surface area contributed by atoms with E-state index in [0.717, 1.165) is 5.57 Å².